The van der Waals surface area contributed by atoms with Crippen molar-refractivity contribution in [3.63, 3.8) is 0 Å². The van der Waals surface area contributed by atoms with Crippen molar-refractivity contribution < 1.29 is 4.74 Å². The molecule has 0 amide bonds. The topological polar surface area (TPSA) is 9.23 Å². The van der Waals surface area contributed by atoms with Crippen LogP contribution >= 0.6 is 12.6 Å². The van der Waals surface area contributed by atoms with Gasteiger partial charge in [-0.3, -0.25) is 0 Å². The number of hydrogen-bond donors (Lipinski definition) is 1. The summed E-state index contributed by atoms with van der Waals surface area (Å²) in [6.45, 7) is 4.76. The molecule has 0 aliphatic carbocycles. The lowest BCUT2D eigenvalue weighted by Gasteiger charge is -2.07. The highest BCUT2D eigenvalue weighted by Gasteiger charge is 1.98. The second-order valence-electron chi connectivity index (χ2n) is 2.69. The van der Waals surface area contributed by atoms with Gasteiger partial charge in [-0.15, -0.1) is 0 Å². The molecule has 12 heavy (non-hydrogen) atoms. The molecule has 66 valence electrons. The summed E-state index contributed by atoms with van der Waals surface area (Å²) in [5, 5.41) is 0. The predicted octanol–water partition coefficient (Wildman–Crippen LogP) is 2.82. The van der Waals surface area contributed by atoms with E-state index in [1.165, 1.54) is 11.1 Å². The van der Waals surface area contributed by atoms with Gasteiger partial charge in [0.25, 0.3) is 0 Å². The smallest absolute Gasteiger partial charge is 0.122 e. The molecule has 1 nitrogen and oxygen atoms in total. The van der Waals surface area contributed by atoms with Crippen LogP contribution in [0.5, 0.6) is 5.75 Å². The Hall–Kier alpha value is -0.630. The number of hydrogen-bond acceptors (Lipinski definition) is 2. The van der Waals surface area contributed by atoms with Crippen molar-refractivity contribution >= 4 is 12.6 Å². The molecule has 1 aromatic rings. The van der Waals surface area contributed by atoms with E-state index < -0.39 is 0 Å². The van der Waals surface area contributed by atoms with E-state index in [1.54, 1.807) is 0 Å². The Kier molecular flexibility index (Phi) is 3.48. The molecule has 0 spiro atoms. The molecule has 0 saturated carbocycles. The summed E-state index contributed by atoms with van der Waals surface area (Å²) in [5.41, 5.74) is 2.38. The first-order valence-corrected chi connectivity index (χ1v) is 4.74. The molecule has 1 aromatic carbocycles. The van der Waals surface area contributed by atoms with Gasteiger partial charge in [0.1, 0.15) is 5.75 Å². The van der Waals surface area contributed by atoms with E-state index in [2.05, 4.69) is 24.8 Å². The third-order valence-electron chi connectivity index (χ3n) is 1.73. The first-order valence-electron chi connectivity index (χ1n) is 4.11. The van der Waals surface area contributed by atoms with Gasteiger partial charge in [-0.25, -0.2) is 0 Å². The molecule has 0 N–H and O–H groups in total. The van der Waals surface area contributed by atoms with E-state index in [4.69, 9.17) is 4.74 Å². The summed E-state index contributed by atoms with van der Waals surface area (Å²) in [6.07, 6.45) is 0. The van der Waals surface area contributed by atoms with Crippen molar-refractivity contribution in [3.05, 3.63) is 29.3 Å². The van der Waals surface area contributed by atoms with Crippen LogP contribution in [0.1, 0.15) is 18.1 Å². The first-order chi connectivity index (χ1) is 5.77. The minimum absolute atomic E-state index is 0.719. The third kappa shape index (κ3) is 2.18. The van der Waals surface area contributed by atoms with Crippen molar-refractivity contribution in [1.29, 1.82) is 0 Å². The van der Waals surface area contributed by atoms with E-state index >= 15 is 0 Å². The molecule has 0 bridgehead atoms. The number of rotatable bonds is 3. The Bertz CT molecular complexity index is 258. The molecule has 0 saturated heterocycles. The lowest BCUT2D eigenvalue weighted by molar-refractivity contribution is 0.337. The minimum Gasteiger partial charge on any atom is -0.494 e. The second-order valence-corrected chi connectivity index (χ2v) is 3.01. The predicted molar refractivity (Wildman–Crippen MR) is 55.0 cm³/mol. The zero-order chi connectivity index (χ0) is 8.97. The molecule has 0 radical (unpaired) electrons. The van der Waals surface area contributed by atoms with Crippen molar-refractivity contribution in [2.75, 3.05) is 6.61 Å². The van der Waals surface area contributed by atoms with Crippen LogP contribution in [-0.2, 0) is 5.75 Å². The molecule has 0 heterocycles. The number of thiol groups is 1. The van der Waals surface area contributed by atoms with Crippen LogP contribution in [-0.4, -0.2) is 6.61 Å². The number of aryl methyl sites for hydroxylation is 1. The Balaban J connectivity index is 2.91. The van der Waals surface area contributed by atoms with Crippen molar-refractivity contribution in [1.82, 2.24) is 0 Å². The van der Waals surface area contributed by atoms with Crippen LogP contribution < -0.4 is 4.74 Å². The molecule has 0 fully saturated rings. The summed E-state index contributed by atoms with van der Waals surface area (Å²) in [6, 6.07) is 6.19. The average Bonchev–Trinajstić information content (AvgIpc) is 2.09. The van der Waals surface area contributed by atoms with E-state index in [9.17, 15) is 0 Å². The molecule has 0 unspecified atom stereocenters. The van der Waals surface area contributed by atoms with Crippen molar-refractivity contribution in [2.24, 2.45) is 0 Å². The van der Waals surface area contributed by atoms with Gasteiger partial charge in [0.05, 0.1) is 6.61 Å². The van der Waals surface area contributed by atoms with Gasteiger partial charge in [0.2, 0.25) is 0 Å². The maximum absolute atomic E-state index is 5.45. The van der Waals surface area contributed by atoms with Gasteiger partial charge in [-0.1, -0.05) is 12.1 Å². The molecule has 1 rings (SSSR count). The van der Waals surface area contributed by atoms with Gasteiger partial charge in [0, 0.05) is 5.75 Å². The van der Waals surface area contributed by atoms with Crippen LogP contribution in [0, 0.1) is 6.92 Å². The summed E-state index contributed by atoms with van der Waals surface area (Å²) in [4.78, 5) is 0. The minimum atomic E-state index is 0.719. The Morgan fingerprint density at radius 2 is 2.17 bits per heavy atom. The fraction of sp³-hybridized carbons (Fsp3) is 0.400. The first kappa shape index (κ1) is 9.46. The van der Waals surface area contributed by atoms with Crippen LogP contribution in [0.4, 0.5) is 0 Å². The van der Waals surface area contributed by atoms with Crippen molar-refractivity contribution in [2.45, 2.75) is 19.6 Å². The van der Waals surface area contributed by atoms with Gasteiger partial charge < -0.3 is 4.74 Å². The summed E-state index contributed by atoms with van der Waals surface area (Å²) in [5.74, 6) is 1.74. The zero-order valence-electron chi connectivity index (χ0n) is 7.50. The highest BCUT2D eigenvalue weighted by molar-refractivity contribution is 7.79. The van der Waals surface area contributed by atoms with E-state index in [1.807, 2.05) is 19.9 Å². The maximum atomic E-state index is 5.45. The molecule has 0 aliphatic rings. The molecule has 0 aliphatic heterocycles. The zero-order valence-corrected chi connectivity index (χ0v) is 8.40. The lowest BCUT2D eigenvalue weighted by atomic mass is 10.1. The summed E-state index contributed by atoms with van der Waals surface area (Å²) >= 11 is 4.20. The molecule has 0 atom stereocenters. The summed E-state index contributed by atoms with van der Waals surface area (Å²) in [7, 11) is 0. The van der Waals surface area contributed by atoms with Crippen molar-refractivity contribution in [3.8, 4) is 5.75 Å². The van der Waals surface area contributed by atoms with Crippen LogP contribution in [0.25, 0.3) is 0 Å². The number of ether oxygens (including phenoxy) is 1. The quantitative estimate of drug-likeness (QED) is 0.707. The third-order valence-corrected chi connectivity index (χ3v) is 2.10. The second kappa shape index (κ2) is 4.41. The van der Waals surface area contributed by atoms with Gasteiger partial charge in [0.15, 0.2) is 0 Å². The Morgan fingerprint density at radius 1 is 1.42 bits per heavy atom. The van der Waals surface area contributed by atoms with Crippen LogP contribution in [0.2, 0.25) is 0 Å². The van der Waals surface area contributed by atoms with E-state index in [0.717, 1.165) is 18.1 Å². The average molecular weight is 182 g/mol. The molecular formula is C10H14OS. The highest BCUT2D eigenvalue weighted by Crippen LogP contribution is 2.20. The SMILES string of the molecule is CCOc1cc(CS)ccc1C. The van der Waals surface area contributed by atoms with E-state index in [-0.39, 0.29) is 0 Å². The molecule has 0 aromatic heterocycles. The Morgan fingerprint density at radius 3 is 2.75 bits per heavy atom. The highest BCUT2D eigenvalue weighted by atomic mass is 32.1. The molecule has 2 heteroatoms. The lowest BCUT2D eigenvalue weighted by Crippen LogP contribution is -1.94. The number of benzene rings is 1. The monoisotopic (exact) mass is 182 g/mol. The standard InChI is InChI=1S/C10H14OS/c1-3-11-10-6-9(7-12)5-4-8(10)2/h4-6,12H,3,7H2,1-2H3. The summed E-state index contributed by atoms with van der Waals surface area (Å²) < 4.78 is 5.45. The van der Waals surface area contributed by atoms with Crippen LogP contribution in [0.3, 0.4) is 0 Å². The normalized spacial score (nSPS) is 9.92. The van der Waals surface area contributed by atoms with Gasteiger partial charge in [-0.05, 0) is 31.0 Å². The Labute approximate surface area is 79.2 Å². The molecular weight excluding hydrogens is 168 g/mol. The fourth-order valence-corrected chi connectivity index (χ4v) is 1.25. The maximum Gasteiger partial charge on any atom is 0.122 e. The van der Waals surface area contributed by atoms with E-state index in [0.29, 0.717) is 0 Å². The van der Waals surface area contributed by atoms with Crippen LogP contribution in [0.15, 0.2) is 18.2 Å². The van der Waals surface area contributed by atoms with Gasteiger partial charge >= 0.3 is 0 Å². The fourth-order valence-electron chi connectivity index (χ4n) is 1.05. The largest absolute Gasteiger partial charge is 0.494 e. The van der Waals surface area contributed by atoms with Gasteiger partial charge in [-0.2, -0.15) is 12.6 Å².